The number of methoxy groups -OCH3 is 1. The number of piperazine rings is 1. The number of rotatable bonds is 6. The molecule has 1 unspecified atom stereocenters. The molecule has 5 rings (SSSR count). The minimum absolute atomic E-state index is 0.286. The lowest BCUT2D eigenvalue weighted by Crippen LogP contribution is -2.47. The third kappa shape index (κ3) is 5.15. The van der Waals surface area contributed by atoms with Crippen molar-refractivity contribution in [3.05, 3.63) is 95.0 Å². The fraction of sp³-hybridized carbons (Fsp3) is 0.241. The van der Waals surface area contributed by atoms with Crippen molar-refractivity contribution < 1.29 is 4.74 Å². The summed E-state index contributed by atoms with van der Waals surface area (Å²) in [5.74, 6) is 2.95. The molecule has 7 heteroatoms. The maximum absolute atomic E-state index is 6.37. The van der Waals surface area contributed by atoms with Crippen molar-refractivity contribution in [2.45, 2.75) is 13.0 Å². The fourth-order valence-electron chi connectivity index (χ4n) is 4.61. The lowest BCUT2D eigenvalue weighted by atomic mass is 10.0. The van der Waals surface area contributed by atoms with Crippen LogP contribution in [0.15, 0.2) is 78.9 Å². The van der Waals surface area contributed by atoms with Gasteiger partial charge in [-0.25, -0.2) is 9.97 Å². The fourth-order valence-corrected chi connectivity index (χ4v) is 4.87. The van der Waals surface area contributed by atoms with Crippen LogP contribution in [0.25, 0.3) is 11.4 Å². The van der Waals surface area contributed by atoms with Gasteiger partial charge in [0.25, 0.3) is 0 Å². The van der Waals surface area contributed by atoms with Crippen LogP contribution in [0, 0.1) is 6.92 Å². The topological polar surface area (TPSA) is 53.5 Å². The van der Waals surface area contributed by atoms with Crippen molar-refractivity contribution in [1.82, 2.24) is 14.9 Å². The average molecular weight is 500 g/mol. The van der Waals surface area contributed by atoms with Gasteiger partial charge in [-0.3, -0.25) is 4.90 Å². The summed E-state index contributed by atoms with van der Waals surface area (Å²) in [5.41, 5.74) is 4.29. The molecule has 1 aliphatic heterocycles. The van der Waals surface area contributed by atoms with Gasteiger partial charge in [-0.05, 0) is 43.3 Å². The first-order valence-electron chi connectivity index (χ1n) is 12.1. The molecule has 1 aliphatic rings. The van der Waals surface area contributed by atoms with Gasteiger partial charge in [-0.2, -0.15) is 0 Å². The standard InChI is InChI=1S/C29H30ClN5O/c1-20-9-7-8-12-23(20)29-32-27(31-22-13-14-26(36-3)24(30)17-22)18-28(33-29)35-16-15-34(2)25(19-35)21-10-5-4-6-11-21/h4-14,17-18,25H,15-16,19H2,1-3H3,(H,31,32,33). The Morgan fingerprint density at radius 3 is 2.47 bits per heavy atom. The number of hydrogen-bond acceptors (Lipinski definition) is 6. The summed E-state index contributed by atoms with van der Waals surface area (Å²) in [5, 5.41) is 3.97. The van der Waals surface area contributed by atoms with E-state index < -0.39 is 0 Å². The molecule has 1 aromatic heterocycles. The zero-order valence-electron chi connectivity index (χ0n) is 20.8. The van der Waals surface area contributed by atoms with E-state index in [9.17, 15) is 0 Å². The van der Waals surface area contributed by atoms with Gasteiger partial charge in [0.2, 0.25) is 0 Å². The highest BCUT2D eigenvalue weighted by Gasteiger charge is 2.27. The number of aromatic nitrogens is 2. The molecule has 0 saturated carbocycles. The number of benzene rings is 3. The van der Waals surface area contributed by atoms with Crippen molar-refractivity contribution in [3.8, 4) is 17.1 Å². The molecule has 0 bridgehead atoms. The largest absolute Gasteiger partial charge is 0.495 e. The van der Waals surface area contributed by atoms with Gasteiger partial charge in [0, 0.05) is 37.0 Å². The molecular formula is C29H30ClN5O. The molecule has 36 heavy (non-hydrogen) atoms. The summed E-state index contributed by atoms with van der Waals surface area (Å²) in [6.07, 6.45) is 0. The van der Waals surface area contributed by atoms with Crippen molar-refractivity contribution in [2.75, 3.05) is 44.0 Å². The van der Waals surface area contributed by atoms with Gasteiger partial charge in [0.05, 0.1) is 18.2 Å². The van der Waals surface area contributed by atoms with Crippen LogP contribution < -0.4 is 15.0 Å². The van der Waals surface area contributed by atoms with Crippen LogP contribution in [-0.2, 0) is 0 Å². The summed E-state index contributed by atoms with van der Waals surface area (Å²) in [6, 6.07) is 26.8. The molecule has 4 aromatic rings. The van der Waals surface area contributed by atoms with Gasteiger partial charge in [0.15, 0.2) is 5.82 Å². The second kappa shape index (κ2) is 10.6. The molecule has 184 valence electrons. The Morgan fingerprint density at radius 2 is 1.72 bits per heavy atom. The summed E-state index contributed by atoms with van der Waals surface area (Å²) in [6.45, 7) is 4.76. The maximum Gasteiger partial charge on any atom is 0.164 e. The molecule has 1 saturated heterocycles. The van der Waals surface area contributed by atoms with Crippen LogP contribution in [0.3, 0.4) is 0 Å². The first-order valence-corrected chi connectivity index (χ1v) is 12.5. The van der Waals surface area contributed by atoms with E-state index >= 15 is 0 Å². The van der Waals surface area contributed by atoms with E-state index in [-0.39, 0.29) is 6.04 Å². The first kappa shape index (κ1) is 24.1. The van der Waals surface area contributed by atoms with E-state index in [0.717, 1.165) is 48.1 Å². The predicted octanol–water partition coefficient (Wildman–Crippen LogP) is 6.35. The molecular weight excluding hydrogens is 470 g/mol. The second-order valence-electron chi connectivity index (χ2n) is 9.08. The van der Waals surface area contributed by atoms with E-state index in [1.54, 1.807) is 7.11 Å². The predicted molar refractivity (Wildman–Crippen MR) is 148 cm³/mol. The highest BCUT2D eigenvalue weighted by molar-refractivity contribution is 6.32. The molecule has 1 atom stereocenters. The summed E-state index contributed by atoms with van der Waals surface area (Å²) in [4.78, 5) is 14.7. The molecule has 2 heterocycles. The molecule has 1 N–H and O–H groups in total. The van der Waals surface area contributed by atoms with E-state index in [1.165, 1.54) is 5.56 Å². The molecule has 3 aromatic carbocycles. The number of nitrogens with zero attached hydrogens (tertiary/aromatic N) is 4. The molecule has 6 nitrogen and oxygen atoms in total. The quantitative estimate of drug-likeness (QED) is 0.333. The van der Waals surface area contributed by atoms with Crippen molar-refractivity contribution in [3.63, 3.8) is 0 Å². The summed E-state index contributed by atoms with van der Waals surface area (Å²) < 4.78 is 5.30. The monoisotopic (exact) mass is 499 g/mol. The molecule has 0 spiro atoms. The van der Waals surface area contributed by atoms with Gasteiger partial charge >= 0.3 is 0 Å². The van der Waals surface area contributed by atoms with Crippen LogP contribution in [0.2, 0.25) is 5.02 Å². The first-order chi connectivity index (χ1) is 17.5. The minimum atomic E-state index is 0.286. The van der Waals surface area contributed by atoms with E-state index in [4.69, 9.17) is 26.3 Å². The number of hydrogen-bond donors (Lipinski definition) is 1. The number of ether oxygens (including phenoxy) is 1. The Hall–Kier alpha value is -3.61. The third-order valence-corrected chi connectivity index (χ3v) is 6.97. The summed E-state index contributed by atoms with van der Waals surface area (Å²) in [7, 11) is 3.80. The van der Waals surface area contributed by atoms with Crippen LogP contribution in [-0.4, -0.2) is 48.7 Å². The number of nitrogens with one attached hydrogen (secondary N) is 1. The van der Waals surface area contributed by atoms with Crippen molar-refractivity contribution >= 4 is 28.9 Å². The van der Waals surface area contributed by atoms with Gasteiger partial charge < -0.3 is 15.0 Å². The second-order valence-corrected chi connectivity index (χ2v) is 9.48. The highest BCUT2D eigenvalue weighted by atomic mass is 35.5. The van der Waals surface area contributed by atoms with Gasteiger partial charge in [-0.15, -0.1) is 0 Å². The average Bonchev–Trinajstić information content (AvgIpc) is 2.90. The summed E-state index contributed by atoms with van der Waals surface area (Å²) >= 11 is 6.37. The number of halogens is 1. The SMILES string of the molecule is COc1ccc(Nc2cc(N3CCN(C)C(c4ccccc4)C3)nc(-c3ccccc3C)n2)cc1Cl. The number of anilines is 3. The molecule has 0 radical (unpaired) electrons. The molecule has 0 aliphatic carbocycles. The van der Waals surface area contributed by atoms with E-state index in [0.29, 0.717) is 16.6 Å². The van der Waals surface area contributed by atoms with Crippen LogP contribution in [0.1, 0.15) is 17.2 Å². The maximum atomic E-state index is 6.37. The lowest BCUT2D eigenvalue weighted by Gasteiger charge is -2.40. The normalized spacial score (nSPS) is 16.1. The van der Waals surface area contributed by atoms with Crippen LogP contribution >= 0.6 is 11.6 Å². The van der Waals surface area contributed by atoms with Crippen molar-refractivity contribution in [1.29, 1.82) is 0 Å². The number of likely N-dealkylation sites (N-methyl/N-ethyl adjacent to an activating group) is 1. The minimum Gasteiger partial charge on any atom is -0.495 e. The van der Waals surface area contributed by atoms with E-state index in [1.807, 2.05) is 36.4 Å². The Morgan fingerprint density at radius 1 is 0.944 bits per heavy atom. The lowest BCUT2D eigenvalue weighted by molar-refractivity contribution is 0.220. The highest BCUT2D eigenvalue weighted by Crippen LogP contribution is 2.32. The third-order valence-electron chi connectivity index (χ3n) is 6.68. The smallest absolute Gasteiger partial charge is 0.164 e. The van der Waals surface area contributed by atoms with Gasteiger partial charge in [-0.1, -0.05) is 66.2 Å². The van der Waals surface area contributed by atoms with Crippen LogP contribution in [0.5, 0.6) is 5.75 Å². The molecule has 0 amide bonds. The van der Waals surface area contributed by atoms with Crippen molar-refractivity contribution in [2.24, 2.45) is 0 Å². The molecule has 1 fully saturated rings. The Balaban J connectivity index is 1.52. The van der Waals surface area contributed by atoms with E-state index in [2.05, 4.69) is 71.6 Å². The Kier molecular flexibility index (Phi) is 7.07. The number of aryl methyl sites for hydroxylation is 1. The van der Waals surface area contributed by atoms with Gasteiger partial charge in [0.1, 0.15) is 17.4 Å². The Bertz CT molecular complexity index is 1350. The Labute approximate surface area is 217 Å². The zero-order valence-corrected chi connectivity index (χ0v) is 21.5. The van der Waals surface area contributed by atoms with Crippen LogP contribution in [0.4, 0.5) is 17.3 Å². The zero-order chi connectivity index (χ0) is 25.1.